The van der Waals surface area contributed by atoms with Gasteiger partial charge in [0.25, 0.3) is 5.91 Å². The lowest BCUT2D eigenvalue weighted by Crippen LogP contribution is -2.29. The lowest BCUT2D eigenvalue weighted by molar-refractivity contribution is 0.0962. The van der Waals surface area contributed by atoms with E-state index in [1.807, 2.05) is 17.8 Å². The van der Waals surface area contributed by atoms with Crippen molar-refractivity contribution in [1.29, 1.82) is 0 Å². The maximum Gasteiger partial charge on any atom is 0.269 e. The molecule has 2 rings (SSSR count). The van der Waals surface area contributed by atoms with Crippen molar-refractivity contribution in [3.05, 3.63) is 52.6 Å². The highest BCUT2D eigenvalue weighted by atomic mass is 32.2. The first-order valence-electron chi connectivity index (χ1n) is 13.0. The minimum Gasteiger partial charge on any atom is -0.298 e. The van der Waals surface area contributed by atoms with Crippen LogP contribution in [0.15, 0.2) is 40.1 Å². The van der Waals surface area contributed by atoms with Gasteiger partial charge in [-0.2, -0.15) is 0 Å². The molecule has 0 radical (unpaired) electrons. The van der Waals surface area contributed by atoms with Crippen LogP contribution in [0.3, 0.4) is 0 Å². The minimum absolute atomic E-state index is 0.0788. The summed E-state index contributed by atoms with van der Waals surface area (Å²) in [5.74, 6) is -0.0788. The highest BCUT2D eigenvalue weighted by Crippen LogP contribution is 2.31. The number of hydrazine groups is 1. The summed E-state index contributed by atoms with van der Waals surface area (Å²) < 4.78 is 0. The van der Waals surface area contributed by atoms with Crippen LogP contribution < -0.4 is 10.9 Å². The van der Waals surface area contributed by atoms with E-state index in [0.29, 0.717) is 0 Å². The third-order valence-corrected chi connectivity index (χ3v) is 7.79. The molecular weight excluding hydrogens is 456 g/mol. The molecule has 0 aliphatic rings. The Morgan fingerprint density at radius 3 is 1.94 bits per heavy atom. The van der Waals surface area contributed by atoms with Crippen LogP contribution in [0.2, 0.25) is 0 Å². The molecule has 0 aliphatic heterocycles. The molecule has 1 amide bonds. The number of amides is 1. The van der Waals surface area contributed by atoms with Gasteiger partial charge >= 0.3 is 0 Å². The monoisotopic (exact) mass is 500 g/mol. The van der Waals surface area contributed by atoms with Gasteiger partial charge in [0, 0.05) is 15.4 Å². The molecular formula is C29H44N2OS2. The van der Waals surface area contributed by atoms with E-state index in [2.05, 4.69) is 68.4 Å². The SMILES string of the molecule is CCCCCCc1cc(SC)cc(C(=O)NNc2cc(CCCC)c(SC)c(CCCC)c2)c1. The smallest absolute Gasteiger partial charge is 0.269 e. The number of benzene rings is 2. The third-order valence-electron chi connectivity index (χ3n) is 6.15. The molecule has 0 aliphatic carbocycles. The van der Waals surface area contributed by atoms with Crippen molar-refractivity contribution in [2.75, 3.05) is 17.9 Å². The van der Waals surface area contributed by atoms with E-state index in [1.54, 1.807) is 11.8 Å². The Balaban J connectivity index is 2.17. The van der Waals surface area contributed by atoms with Gasteiger partial charge in [0.05, 0.1) is 5.69 Å². The molecule has 188 valence electrons. The molecule has 0 heterocycles. The second-order valence-corrected chi connectivity index (χ2v) is 10.7. The van der Waals surface area contributed by atoms with Crippen molar-refractivity contribution < 1.29 is 4.79 Å². The Labute approximate surface area is 216 Å². The average molecular weight is 501 g/mol. The summed E-state index contributed by atoms with van der Waals surface area (Å²) in [5.41, 5.74) is 11.9. The molecule has 0 unspecified atom stereocenters. The average Bonchev–Trinajstić information content (AvgIpc) is 2.86. The zero-order chi connectivity index (χ0) is 24.8. The van der Waals surface area contributed by atoms with Crippen LogP contribution in [-0.2, 0) is 19.3 Å². The summed E-state index contributed by atoms with van der Waals surface area (Å²) in [6.07, 6.45) is 17.1. The van der Waals surface area contributed by atoms with Crippen molar-refractivity contribution in [1.82, 2.24) is 5.43 Å². The standard InChI is InChI=1S/C29H44N2OS2/c1-6-9-12-13-14-22-17-25(21-27(18-22)33-4)29(32)31-30-26-19-23(15-10-7-2)28(34-5)24(20-26)16-11-8-3/h17-21,30H,6-16H2,1-5H3,(H,31,32). The summed E-state index contributed by atoms with van der Waals surface area (Å²) >= 11 is 3.54. The van der Waals surface area contributed by atoms with E-state index in [9.17, 15) is 4.79 Å². The summed E-state index contributed by atoms with van der Waals surface area (Å²) in [7, 11) is 0. The molecule has 0 spiro atoms. The molecule has 2 aromatic rings. The van der Waals surface area contributed by atoms with Crippen LogP contribution in [0.5, 0.6) is 0 Å². The molecule has 0 saturated heterocycles. The second-order valence-electron chi connectivity index (χ2n) is 8.99. The van der Waals surface area contributed by atoms with Gasteiger partial charge < -0.3 is 0 Å². The number of carbonyl (C=O) groups excluding carboxylic acids is 1. The molecule has 0 aromatic heterocycles. The summed E-state index contributed by atoms with van der Waals surface area (Å²) in [6.45, 7) is 6.71. The number of nitrogens with one attached hydrogen (secondary N) is 2. The van der Waals surface area contributed by atoms with Crippen molar-refractivity contribution >= 4 is 35.1 Å². The van der Waals surface area contributed by atoms with E-state index < -0.39 is 0 Å². The predicted molar refractivity (Wildman–Crippen MR) is 153 cm³/mol. The fourth-order valence-corrected chi connectivity index (χ4v) is 5.57. The Morgan fingerprint density at radius 1 is 0.735 bits per heavy atom. The van der Waals surface area contributed by atoms with Gasteiger partial charge in [0.15, 0.2) is 0 Å². The number of unbranched alkanes of at least 4 members (excludes halogenated alkanes) is 5. The number of hydrogen-bond acceptors (Lipinski definition) is 4. The van der Waals surface area contributed by atoms with Gasteiger partial charge in [-0.25, -0.2) is 0 Å². The minimum atomic E-state index is -0.0788. The molecule has 2 aromatic carbocycles. The largest absolute Gasteiger partial charge is 0.298 e. The molecule has 0 fully saturated rings. The number of hydrogen-bond donors (Lipinski definition) is 2. The van der Waals surface area contributed by atoms with Crippen molar-refractivity contribution in [2.24, 2.45) is 0 Å². The molecule has 0 saturated carbocycles. The maximum absolute atomic E-state index is 13.1. The Hall–Kier alpha value is -1.59. The lowest BCUT2D eigenvalue weighted by Gasteiger charge is -2.17. The lowest BCUT2D eigenvalue weighted by atomic mass is 10.0. The van der Waals surface area contributed by atoms with Crippen LogP contribution in [0.1, 0.15) is 99.2 Å². The Kier molecular flexibility index (Phi) is 13.6. The van der Waals surface area contributed by atoms with Crippen LogP contribution in [-0.4, -0.2) is 18.4 Å². The number of aryl methyl sites for hydroxylation is 3. The molecule has 0 atom stereocenters. The van der Waals surface area contributed by atoms with Gasteiger partial charge in [0.1, 0.15) is 0 Å². The summed E-state index contributed by atoms with van der Waals surface area (Å²) in [5, 5.41) is 0. The fraction of sp³-hybridized carbons (Fsp3) is 0.552. The second kappa shape index (κ2) is 16.1. The molecule has 34 heavy (non-hydrogen) atoms. The predicted octanol–water partition coefficient (Wildman–Crippen LogP) is 8.70. The molecule has 0 bridgehead atoms. The normalized spacial score (nSPS) is 11.0. The first-order valence-corrected chi connectivity index (χ1v) is 15.4. The van der Waals surface area contributed by atoms with Crippen molar-refractivity contribution in [2.45, 2.75) is 101 Å². The summed E-state index contributed by atoms with van der Waals surface area (Å²) in [6, 6.07) is 10.7. The number of anilines is 1. The highest BCUT2D eigenvalue weighted by molar-refractivity contribution is 7.98. The molecule has 3 nitrogen and oxygen atoms in total. The van der Waals surface area contributed by atoms with Crippen LogP contribution in [0.25, 0.3) is 0 Å². The fourth-order valence-electron chi connectivity index (χ4n) is 4.21. The first-order chi connectivity index (χ1) is 16.6. The Bertz CT molecular complexity index is 869. The van der Waals surface area contributed by atoms with Gasteiger partial charge in [-0.1, -0.05) is 52.9 Å². The van der Waals surface area contributed by atoms with Crippen LogP contribution >= 0.6 is 23.5 Å². The number of thioether (sulfide) groups is 2. The highest BCUT2D eigenvalue weighted by Gasteiger charge is 2.13. The zero-order valence-electron chi connectivity index (χ0n) is 21.9. The van der Waals surface area contributed by atoms with Crippen LogP contribution in [0, 0.1) is 0 Å². The number of rotatable bonds is 16. The quantitative estimate of drug-likeness (QED) is 0.137. The topological polar surface area (TPSA) is 41.1 Å². The van der Waals surface area contributed by atoms with Gasteiger partial charge in [0.2, 0.25) is 0 Å². The van der Waals surface area contributed by atoms with E-state index in [-0.39, 0.29) is 5.91 Å². The molecule has 2 N–H and O–H groups in total. The van der Waals surface area contributed by atoms with Gasteiger partial charge in [-0.3, -0.25) is 15.6 Å². The van der Waals surface area contributed by atoms with Crippen molar-refractivity contribution in [3.8, 4) is 0 Å². The Morgan fingerprint density at radius 2 is 1.38 bits per heavy atom. The maximum atomic E-state index is 13.1. The zero-order valence-corrected chi connectivity index (χ0v) is 23.5. The molecule has 5 heteroatoms. The van der Waals surface area contributed by atoms with Gasteiger partial charge in [-0.05, 0) is 98.1 Å². The summed E-state index contributed by atoms with van der Waals surface area (Å²) in [4.78, 5) is 15.6. The van der Waals surface area contributed by atoms with E-state index in [1.165, 1.54) is 73.0 Å². The first kappa shape index (κ1) is 28.6. The van der Waals surface area contributed by atoms with Crippen LogP contribution in [0.4, 0.5) is 5.69 Å². The van der Waals surface area contributed by atoms with Gasteiger partial charge in [-0.15, -0.1) is 23.5 Å². The van der Waals surface area contributed by atoms with E-state index in [0.717, 1.165) is 35.4 Å². The van der Waals surface area contributed by atoms with E-state index >= 15 is 0 Å². The number of carbonyl (C=O) groups is 1. The van der Waals surface area contributed by atoms with Crippen molar-refractivity contribution in [3.63, 3.8) is 0 Å². The van der Waals surface area contributed by atoms with E-state index in [4.69, 9.17) is 0 Å². The third kappa shape index (κ3) is 9.22.